The predicted octanol–water partition coefficient (Wildman–Crippen LogP) is 1.72. The third kappa shape index (κ3) is 3.21. The first kappa shape index (κ1) is 13.3. The van der Waals surface area contributed by atoms with Gasteiger partial charge in [0.2, 0.25) is 0 Å². The summed E-state index contributed by atoms with van der Waals surface area (Å²) in [7, 11) is 0. The van der Waals surface area contributed by atoms with Gasteiger partial charge < -0.3 is 10.5 Å². The third-order valence-electron chi connectivity index (χ3n) is 4.72. The topological polar surface area (TPSA) is 38.5 Å². The first-order valence-electron chi connectivity index (χ1n) is 7.24. The molecule has 0 aromatic carbocycles. The molecule has 0 aromatic rings. The van der Waals surface area contributed by atoms with Gasteiger partial charge in [0.25, 0.3) is 0 Å². The molecule has 2 unspecified atom stereocenters. The second kappa shape index (κ2) is 6.17. The van der Waals surface area contributed by atoms with Crippen molar-refractivity contribution < 1.29 is 4.74 Å². The summed E-state index contributed by atoms with van der Waals surface area (Å²) in [6, 6.07) is 0.600. The van der Waals surface area contributed by atoms with E-state index in [1.54, 1.807) is 0 Å². The lowest BCUT2D eigenvalue weighted by Gasteiger charge is -2.36. The van der Waals surface area contributed by atoms with Crippen LogP contribution < -0.4 is 5.73 Å². The summed E-state index contributed by atoms with van der Waals surface area (Å²) in [6.07, 6.45) is 3.76. The Hall–Kier alpha value is -0.120. The Labute approximate surface area is 106 Å². The molecule has 100 valence electrons. The van der Waals surface area contributed by atoms with Crippen LogP contribution in [-0.2, 0) is 4.74 Å². The zero-order chi connectivity index (χ0) is 12.3. The van der Waals surface area contributed by atoms with Gasteiger partial charge in [-0.15, -0.1) is 0 Å². The molecule has 0 amide bonds. The van der Waals surface area contributed by atoms with Crippen molar-refractivity contribution in [1.29, 1.82) is 0 Å². The van der Waals surface area contributed by atoms with E-state index < -0.39 is 0 Å². The number of hydrogen-bond acceptors (Lipinski definition) is 3. The smallest absolute Gasteiger partial charge is 0.0469 e. The van der Waals surface area contributed by atoms with E-state index in [1.807, 2.05) is 0 Å². The first-order chi connectivity index (χ1) is 8.22. The zero-order valence-electron chi connectivity index (χ0n) is 11.4. The van der Waals surface area contributed by atoms with Gasteiger partial charge >= 0.3 is 0 Å². The fourth-order valence-corrected chi connectivity index (χ4v) is 3.40. The fraction of sp³-hybridized carbons (Fsp3) is 1.00. The summed E-state index contributed by atoms with van der Waals surface area (Å²) in [5.41, 5.74) is 6.02. The number of nitrogens with two attached hydrogens (primary N) is 1. The highest BCUT2D eigenvalue weighted by molar-refractivity contribution is 4.87. The Morgan fingerprint density at radius 3 is 2.41 bits per heavy atom. The Morgan fingerprint density at radius 2 is 1.88 bits per heavy atom. The highest BCUT2D eigenvalue weighted by Gasteiger charge is 2.33. The fourth-order valence-electron chi connectivity index (χ4n) is 3.40. The lowest BCUT2D eigenvalue weighted by molar-refractivity contribution is 0.0320. The minimum absolute atomic E-state index is 0.600. The van der Waals surface area contributed by atoms with Crippen LogP contribution in [0.3, 0.4) is 0 Å². The average Bonchev–Trinajstić information content (AvgIpc) is 2.81. The first-order valence-corrected chi connectivity index (χ1v) is 7.24. The van der Waals surface area contributed by atoms with Crippen LogP contribution in [0.15, 0.2) is 0 Å². The lowest BCUT2D eigenvalue weighted by atomic mass is 9.90. The normalized spacial score (nSPS) is 30.0. The summed E-state index contributed by atoms with van der Waals surface area (Å²) in [4.78, 5) is 2.65. The highest BCUT2D eigenvalue weighted by Crippen LogP contribution is 2.29. The summed E-state index contributed by atoms with van der Waals surface area (Å²) in [5.74, 6) is 2.46. The summed E-state index contributed by atoms with van der Waals surface area (Å²) >= 11 is 0. The number of nitrogens with zero attached hydrogens (tertiary/aromatic N) is 1. The molecule has 3 heteroatoms. The third-order valence-corrected chi connectivity index (χ3v) is 4.72. The minimum atomic E-state index is 0.600. The van der Waals surface area contributed by atoms with Crippen molar-refractivity contribution in [2.75, 3.05) is 32.8 Å². The second-order valence-electron chi connectivity index (χ2n) is 6.04. The molecule has 2 saturated heterocycles. The molecule has 2 rings (SSSR count). The van der Waals surface area contributed by atoms with E-state index in [4.69, 9.17) is 10.5 Å². The molecular formula is C14H28N2O. The second-order valence-corrected chi connectivity index (χ2v) is 6.04. The monoisotopic (exact) mass is 240 g/mol. The number of rotatable bonds is 4. The maximum atomic E-state index is 6.02. The van der Waals surface area contributed by atoms with Crippen LogP contribution in [0, 0.1) is 17.8 Å². The van der Waals surface area contributed by atoms with Crippen LogP contribution in [0.25, 0.3) is 0 Å². The Balaban J connectivity index is 1.90. The van der Waals surface area contributed by atoms with Crippen LogP contribution in [0.5, 0.6) is 0 Å². The zero-order valence-corrected chi connectivity index (χ0v) is 11.4. The molecule has 0 aromatic heterocycles. The van der Waals surface area contributed by atoms with Crippen molar-refractivity contribution in [2.24, 2.45) is 23.5 Å². The van der Waals surface area contributed by atoms with Gasteiger partial charge in [0, 0.05) is 32.3 Å². The van der Waals surface area contributed by atoms with Crippen molar-refractivity contribution in [3.05, 3.63) is 0 Å². The molecule has 2 atom stereocenters. The molecular weight excluding hydrogens is 212 g/mol. The van der Waals surface area contributed by atoms with Crippen LogP contribution >= 0.6 is 0 Å². The van der Waals surface area contributed by atoms with E-state index in [9.17, 15) is 0 Å². The van der Waals surface area contributed by atoms with Gasteiger partial charge in [-0.25, -0.2) is 0 Å². The molecule has 0 radical (unpaired) electrons. The van der Waals surface area contributed by atoms with Gasteiger partial charge in [-0.3, -0.25) is 4.90 Å². The molecule has 2 aliphatic heterocycles. The van der Waals surface area contributed by atoms with Gasteiger partial charge in [-0.2, -0.15) is 0 Å². The molecule has 2 aliphatic rings. The highest BCUT2D eigenvalue weighted by atomic mass is 16.5. The standard InChI is InChI=1S/C14H28N2O/c1-11(2)13-3-6-16(10-13)14(9-15)12-4-7-17-8-5-12/h11-14H,3-10,15H2,1-2H3. The number of hydrogen-bond donors (Lipinski definition) is 1. The number of likely N-dealkylation sites (tertiary alicyclic amines) is 1. The Morgan fingerprint density at radius 1 is 1.18 bits per heavy atom. The SMILES string of the molecule is CC(C)C1CCN(C(CN)C2CCOCC2)C1. The molecule has 0 aliphatic carbocycles. The van der Waals surface area contributed by atoms with Gasteiger partial charge in [0.15, 0.2) is 0 Å². The van der Waals surface area contributed by atoms with Crippen LogP contribution in [0.4, 0.5) is 0 Å². The molecule has 0 spiro atoms. The summed E-state index contributed by atoms with van der Waals surface area (Å²) in [6.45, 7) is 9.89. The van der Waals surface area contributed by atoms with E-state index in [0.717, 1.165) is 37.5 Å². The van der Waals surface area contributed by atoms with Crippen LogP contribution in [0.2, 0.25) is 0 Å². The van der Waals surface area contributed by atoms with E-state index in [-0.39, 0.29) is 0 Å². The molecule has 17 heavy (non-hydrogen) atoms. The molecule has 3 nitrogen and oxygen atoms in total. The van der Waals surface area contributed by atoms with Crippen molar-refractivity contribution in [3.8, 4) is 0 Å². The van der Waals surface area contributed by atoms with Gasteiger partial charge in [0.1, 0.15) is 0 Å². The van der Waals surface area contributed by atoms with Crippen molar-refractivity contribution in [2.45, 2.75) is 39.2 Å². The van der Waals surface area contributed by atoms with Crippen LogP contribution in [-0.4, -0.2) is 43.8 Å². The average molecular weight is 240 g/mol. The van der Waals surface area contributed by atoms with Gasteiger partial charge in [-0.1, -0.05) is 13.8 Å². The molecule has 0 bridgehead atoms. The van der Waals surface area contributed by atoms with Crippen LogP contribution in [0.1, 0.15) is 33.1 Å². The minimum Gasteiger partial charge on any atom is -0.381 e. The van der Waals surface area contributed by atoms with Crippen molar-refractivity contribution >= 4 is 0 Å². The van der Waals surface area contributed by atoms with E-state index in [0.29, 0.717) is 6.04 Å². The maximum Gasteiger partial charge on any atom is 0.0469 e. The molecule has 0 saturated carbocycles. The van der Waals surface area contributed by atoms with E-state index >= 15 is 0 Å². The largest absolute Gasteiger partial charge is 0.381 e. The quantitative estimate of drug-likeness (QED) is 0.813. The summed E-state index contributed by atoms with van der Waals surface area (Å²) < 4.78 is 5.46. The molecule has 2 heterocycles. The Bertz CT molecular complexity index is 226. The molecule has 2 N–H and O–H groups in total. The lowest BCUT2D eigenvalue weighted by Crippen LogP contribution is -2.46. The van der Waals surface area contributed by atoms with E-state index in [1.165, 1.54) is 32.4 Å². The summed E-state index contributed by atoms with van der Waals surface area (Å²) in [5, 5.41) is 0. The van der Waals surface area contributed by atoms with Crippen molar-refractivity contribution in [3.63, 3.8) is 0 Å². The Kier molecular flexibility index (Phi) is 4.83. The predicted molar refractivity (Wildman–Crippen MR) is 70.9 cm³/mol. The van der Waals surface area contributed by atoms with Gasteiger partial charge in [-0.05, 0) is 43.6 Å². The van der Waals surface area contributed by atoms with Gasteiger partial charge in [0.05, 0.1) is 0 Å². The maximum absolute atomic E-state index is 6.02. The van der Waals surface area contributed by atoms with Crippen molar-refractivity contribution in [1.82, 2.24) is 4.90 Å². The van der Waals surface area contributed by atoms with E-state index in [2.05, 4.69) is 18.7 Å². The molecule has 2 fully saturated rings. The number of ether oxygens (including phenoxy) is 1.